The summed E-state index contributed by atoms with van der Waals surface area (Å²) in [6.07, 6.45) is 8.15. The highest BCUT2D eigenvalue weighted by Gasteiger charge is 2.30. The lowest BCUT2D eigenvalue weighted by molar-refractivity contribution is 0.00941. The van der Waals surface area contributed by atoms with E-state index in [9.17, 15) is 0 Å². The molecule has 1 saturated carbocycles. The van der Waals surface area contributed by atoms with Crippen molar-refractivity contribution in [2.45, 2.75) is 64.3 Å². The number of rotatable bonds is 12. The highest BCUT2D eigenvalue weighted by atomic mass is 16.5. The van der Waals surface area contributed by atoms with Gasteiger partial charge in [0.2, 0.25) is 0 Å². The van der Waals surface area contributed by atoms with Gasteiger partial charge < -0.3 is 19.9 Å². The summed E-state index contributed by atoms with van der Waals surface area (Å²) < 4.78 is 16.5. The van der Waals surface area contributed by atoms with E-state index in [1.54, 1.807) is 0 Å². The van der Waals surface area contributed by atoms with Crippen LogP contribution in [0.5, 0.6) is 0 Å². The standard InChI is InChI=1S/C17H35NO3/c1-3-4-9-19-11-13-21-14-12-20-10-8-17(18)7-5-6-16(2)15-17/h16H,3-15,18H2,1-2H3. The second-order valence-electron chi connectivity index (χ2n) is 6.50. The van der Waals surface area contributed by atoms with E-state index in [4.69, 9.17) is 19.9 Å². The molecule has 2 unspecified atom stereocenters. The molecule has 4 nitrogen and oxygen atoms in total. The van der Waals surface area contributed by atoms with Crippen molar-refractivity contribution in [3.05, 3.63) is 0 Å². The minimum Gasteiger partial charge on any atom is -0.379 e. The molecule has 0 radical (unpaired) electrons. The number of hydrogen-bond donors (Lipinski definition) is 1. The van der Waals surface area contributed by atoms with Crippen LogP contribution in [0, 0.1) is 5.92 Å². The lowest BCUT2D eigenvalue weighted by Gasteiger charge is -2.36. The zero-order chi connectivity index (χ0) is 15.4. The fourth-order valence-electron chi connectivity index (χ4n) is 2.99. The maximum absolute atomic E-state index is 6.44. The van der Waals surface area contributed by atoms with Gasteiger partial charge in [0.05, 0.1) is 26.4 Å². The van der Waals surface area contributed by atoms with E-state index in [0.29, 0.717) is 26.4 Å². The third kappa shape index (κ3) is 9.46. The molecule has 4 heteroatoms. The summed E-state index contributed by atoms with van der Waals surface area (Å²) >= 11 is 0. The van der Waals surface area contributed by atoms with E-state index in [1.165, 1.54) is 19.3 Å². The second kappa shape index (κ2) is 11.4. The minimum absolute atomic E-state index is 0.00560. The summed E-state index contributed by atoms with van der Waals surface area (Å²) in [4.78, 5) is 0. The molecule has 0 saturated heterocycles. The molecule has 0 aromatic rings. The van der Waals surface area contributed by atoms with Crippen LogP contribution in [0.15, 0.2) is 0 Å². The summed E-state index contributed by atoms with van der Waals surface area (Å²) in [6, 6.07) is 0. The highest BCUT2D eigenvalue weighted by molar-refractivity contribution is 4.89. The Morgan fingerprint density at radius 1 is 1.00 bits per heavy atom. The zero-order valence-corrected chi connectivity index (χ0v) is 14.1. The van der Waals surface area contributed by atoms with Gasteiger partial charge in [-0.15, -0.1) is 0 Å². The molecular weight excluding hydrogens is 266 g/mol. The first-order valence-electron chi connectivity index (χ1n) is 8.68. The van der Waals surface area contributed by atoms with Crippen molar-refractivity contribution in [2.75, 3.05) is 39.6 Å². The van der Waals surface area contributed by atoms with Gasteiger partial charge in [-0.3, -0.25) is 0 Å². The lowest BCUT2D eigenvalue weighted by atomic mass is 9.75. The van der Waals surface area contributed by atoms with Gasteiger partial charge in [-0.2, -0.15) is 0 Å². The Kier molecular flexibility index (Phi) is 10.3. The number of unbranched alkanes of at least 4 members (excludes halogenated alkanes) is 1. The van der Waals surface area contributed by atoms with E-state index < -0.39 is 0 Å². The van der Waals surface area contributed by atoms with Crippen molar-refractivity contribution < 1.29 is 14.2 Å². The zero-order valence-electron chi connectivity index (χ0n) is 14.1. The number of ether oxygens (including phenoxy) is 3. The van der Waals surface area contributed by atoms with Gasteiger partial charge in [-0.05, 0) is 31.6 Å². The molecule has 126 valence electrons. The Labute approximate surface area is 130 Å². The van der Waals surface area contributed by atoms with Crippen LogP contribution in [-0.4, -0.2) is 45.2 Å². The van der Waals surface area contributed by atoms with Crippen LogP contribution in [0.3, 0.4) is 0 Å². The van der Waals surface area contributed by atoms with Gasteiger partial charge in [0.1, 0.15) is 0 Å². The van der Waals surface area contributed by atoms with Gasteiger partial charge in [0, 0.05) is 18.8 Å². The summed E-state index contributed by atoms with van der Waals surface area (Å²) in [7, 11) is 0. The van der Waals surface area contributed by atoms with E-state index in [0.717, 1.165) is 44.8 Å². The third-order valence-corrected chi connectivity index (χ3v) is 4.26. The SMILES string of the molecule is CCCCOCCOCCOCCC1(N)CCCC(C)C1. The molecular formula is C17H35NO3. The van der Waals surface area contributed by atoms with Crippen LogP contribution in [0.4, 0.5) is 0 Å². The first-order valence-corrected chi connectivity index (χ1v) is 8.68. The van der Waals surface area contributed by atoms with E-state index in [1.807, 2.05) is 0 Å². The van der Waals surface area contributed by atoms with E-state index in [2.05, 4.69) is 13.8 Å². The van der Waals surface area contributed by atoms with Crippen LogP contribution in [0.25, 0.3) is 0 Å². The molecule has 1 aliphatic carbocycles. The molecule has 0 bridgehead atoms. The molecule has 0 aromatic heterocycles. The summed E-state index contributed by atoms with van der Waals surface area (Å²) in [5.74, 6) is 0.764. The Morgan fingerprint density at radius 2 is 1.62 bits per heavy atom. The molecule has 0 heterocycles. The molecule has 1 aliphatic rings. The fourth-order valence-corrected chi connectivity index (χ4v) is 2.99. The maximum atomic E-state index is 6.44. The molecule has 2 atom stereocenters. The van der Waals surface area contributed by atoms with Crippen molar-refractivity contribution in [1.29, 1.82) is 0 Å². The predicted molar refractivity (Wildman–Crippen MR) is 86.5 cm³/mol. The first-order chi connectivity index (χ1) is 10.2. The third-order valence-electron chi connectivity index (χ3n) is 4.26. The van der Waals surface area contributed by atoms with Crippen molar-refractivity contribution >= 4 is 0 Å². The van der Waals surface area contributed by atoms with Crippen LogP contribution >= 0.6 is 0 Å². The average Bonchev–Trinajstić information content (AvgIpc) is 2.44. The Balaban J connectivity index is 1.86. The summed E-state index contributed by atoms with van der Waals surface area (Å²) in [5, 5.41) is 0. The van der Waals surface area contributed by atoms with Crippen molar-refractivity contribution in [1.82, 2.24) is 0 Å². The van der Waals surface area contributed by atoms with E-state index in [-0.39, 0.29) is 5.54 Å². The fraction of sp³-hybridized carbons (Fsp3) is 1.00. The van der Waals surface area contributed by atoms with Crippen LogP contribution in [-0.2, 0) is 14.2 Å². The normalized spacial score (nSPS) is 26.1. The Bertz CT molecular complexity index is 250. The van der Waals surface area contributed by atoms with Crippen LogP contribution in [0.1, 0.15) is 58.8 Å². The molecule has 0 aromatic carbocycles. The molecule has 1 fully saturated rings. The van der Waals surface area contributed by atoms with Gasteiger partial charge in [0.25, 0.3) is 0 Å². The molecule has 2 N–H and O–H groups in total. The smallest absolute Gasteiger partial charge is 0.0701 e. The molecule has 0 amide bonds. The van der Waals surface area contributed by atoms with Gasteiger partial charge in [-0.25, -0.2) is 0 Å². The van der Waals surface area contributed by atoms with Gasteiger partial charge in [-0.1, -0.05) is 33.1 Å². The second-order valence-corrected chi connectivity index (χ2v) is 6.50. The van der Waals surface area contributed by atoms with Gasteiger partial charge >= 0.3 is 0 Å². The lowest BCUT2D eigenvalue weighted by Crippen LogP contribution is -2.44. The summed E-state index contributed by atoms with van der Waals surface area (Å²) in [6.45, 7) is 8.70. The largest absolute Gasteiger partial charge is 0.379 e. The maximum Gasteiger partial charge on any atom is 0.0701 e. The Hall–Kier alpha value is -0.160. The van der Waals surface area contributed by atoms with Gasteiger partial charge in [0.15, 0.2) is 0 Å². The highest BCUT2D eigenvalue weighted by Crippen LogP contribution is 2.32. The van der Waals surface area contributed by atoms with Crippen molar-refractivity contribution in [3.8, 4) is 0 Å². The molecule has 1 rings (SSSR count). The minimum atomic E-state index is 0.00560. The van der Waals surface area contributed by atoms with Crippen LogP contribution < -0.4 is 5.73 Å². The number of nitrogens with two attached hydrogens (primary N) is 1. The van der Waals surface area contributed by atoms with E-state index >= 15 is 0 Å². The topological polar surface area (TPSA) is 53.7 Å². The molecule has 0 aliphatic heterocycles. The van der Waals surface area contributed by atoms with Crippen molar-refractivity contribution in [3.63, 3.8) is 0 Å². The molecule has 0 spiro atoms. The quantitative estimate of drug-likeness (QED) is 0.563. The predicted octanol–water partition coefficient (Wildman–Crippen LogP) is 3.13. The van der Waals surface area contributed by atoms with Crippen molar-refractivity contribution in [2.24, 2.45) is 11.7 Å². The summed E-state index contributed by atoms with van der Waals surface area (Å²) in [5.41, 5.74) is 6.45. The molecule has 21 heavy (non-hydrogen) atoms. The number of hydrogen-bond acceptors (Lipinski definition) is 4. The average molecular weight is 301 g/mol. The Morgan fingerprint density at radius 3 is 2.24 bits per heavy atom. The van der Waals surface area contributed by atoms with Crippen LogP contribution in [0.2, 0.25) is 0 Å². The first kappa shape index (κ1) is 18.9. The monoisotopic (exact) mass is 301 g/mol.